The van der Waals surface area contributed by atoms with E-state index in [0.29, 0.717) is 19.3 Å². The van der Waals surface area contributed by atoms with Gasteiger partial charge in [-0.25, -0.2) is 0 Å². The van der Waals surface area contributed by atoms with Crippen LogP contribution in [-0.2, 0) is 19.1 Å². The number of rotatable bonds is 28. The highest BCUT2D eigenvalue weighted by Crippen LogP contribution is 2.16. The Bertz CT molecular complexity index is 769. The zero-order chi connectivity index (χ0) is 30.2. The number of carboxylic acid groups (broad SMARTS) is 1. The van der Waals surface area contributed by atoms with Crippen LogP contribution in [0.3, 0.4) is 0 Å². The van der Waals surface area contributed by atoms with Crippen molar-refractivity contribution < 1.29 is 24.2 Å². The van der Waals surface area contributed by atoms with Crippen molar-refractivity contribution in [2.45, 2.75) is 148 Å². The van der Waals surface area contributed by atoms with Crippen LogP contribution >= 0.6 is 0 Å². The number of esters is 1. The minimum Gasteiger partial charge on any atom is -0.480 e. The van der Waals surface area contributed by atoms with Gasteiger partial charge in [-0.05, 0) is 70.6 Å². The fourth-order valence-corrected chi connectivity index (χ4v) is 4.37. The zero-order valence-electron chi connectivity index (χ0n) is 26.1. The topological polar surface area (TPSA) is 92.7 Å². The van der Waals surface area contributed by atoms with Crippen molar-refractivity contribution in [3.8, 4) is 0 Å². The second-order valence-corrected chi connectivity index (χ2v) is 10.7. The summed E-state index contributed by atoms with van der Waals surface area (Å²) in [6, 6.07) is 0. The Kier molecular flexibility index (Phi) is 28.4. The highest BCUT2D eigenvalue weighted by Gasteiger charge is 2.14. The van der Waals surface area contributed by atoms with E-state index in [1.165, 1.54) is 25.7 Å². The molecule has 1 unspecified atom stereocenters. The van der Waals surface area contributed by atoms with Gasteiger partial charge in [0.05, 0.1) is 0 Å². The van der Waals surface area contributed by atoms with Gasteiger partial charge >= 0.3 is 11.9 Å². The number of amides is 1. The third-order valence-electron chi connectivity index (χ3n) is 6.77. The van der Waals surface area contributed by atoms with Crippen molar-refractivity contribution in [1.29, 1.82) is 0 Å². The summed E-state index contributed by atoms with van der Waals surface area (Å²) in [5, 5.41) is 11.0. The van der Waals surface area contributed by atoms with Crippen LogP contribution in [0.15, 0.2) is 48.6 Å². The number of carbonyl (C=O) groups is 3. The smallest absolute Gasteiger partial charge is 0.322 e. The van der Waals surface area contributed by atoms with Crippen molar-refractivity contribution in [3.63, 3.8) is 0 Å². The number of ether oxygens (including phenoxy) is 1. The summed E-state index contributed by atoms with van der Waals surface area (Å²) in [5.41, 5.74) is 0. The lowest BCUT2D eigenvalue weighted by Crippen LogP contribution is -2.28. The Labute approximate surface area is 250 Å². The lowest BCUT2D eigenvalue weighted by atomic mass is 10.0. The van der Waals surface area contributed by atoms with Gasteiger partial charge in [-0.3, -0.25) is 14.4 Å². The molecule has 1 amide bonds. The summed E-state index contributed by atoms with van der Waals surface area (Å²) < 4.78 is 5.78. The molecule has 1 atom stereocenters. The molecule has 234 valence electrons. The molecule has 0 aromatic heterocycles. The Morgan fingerprint density at radius 1 is 0.659 bits per heavy atom. The molecule has 0 aromatic carbocycles. The molecule has 0 radical (unpaired) electrons. The average Bonchev–Trinajstić information content (AvgIpc) is 2.95. The quantitative estimate of drug-likeness (QED) is 0.0553. The van der Waals surface area contributed by atoms with Crippen LogP contribution in [-0.4, -0.2) is 35.6 Å². The molecule has 0 saturated carbocycles. The predicted molar refractivity (Wildman–Crippen MR) is 171 cm³/mol. The summed E-state index contributed by atoms with van der Waals surface area (Å²) in [6.45, 7) is 3.96. The maximum Gasteiger partial charge on any atom is 0.322 e. The Hall–Kier alpha value is -2.63. The average molecular weight is 574 g/mol. The molecule has 0 spiro atoms. The van der Waals surface area contributed by atoms with Crippen LogP contribution in [0.4, 0.5) is 0 Å². The van der Waals surface area contributed by atoms with E-state index >= 15 is 0 Å². The molecule has 2 N–H and O–H groups in total. The van der Waals surface area contributed by atoms with Crippen molar-refractivity contribution in [1.82, 2.24) is 5.32 Å². The van der Waals surface area contributed by atoms with Gasteiger partial charge in [-0.1, -0.05) is 107 Å². The number of carboxylic acids is 1. The highest BCUT2D eigenvalue weighted by molar-refractivity contribution is 5.80. The van der Waals surface area contributed by atoms with E-state index in [9.17, 15) is 14.4 Å². The van der Waals surface area contributed by atoms with Gasteiger partial charge in [0.2, 0.25) is 5.91 Å². The largest absolute Gasteiger partial charge is 0.480 e. The summed E-state index contributed by atoms with van der Waals surface area (Å²) >= 11 is 0. The van der Waals surface area contributed by atoms with Gasteiger partial charge < -0.3 is 15.2 Å². The molecule has 0 aliphatic carbocycles. The normalized spacial score (nSPS) is 12.6. The number of aliphatic carboxylic acids is 1. The van der Waals surface area contributed by atoms with Crippen molar-refractivity contribution >= 4 is 17.8 Å². The van der Waals surface area contributed by atoms with E-state index in [0.717, 1.165) is 83.5 Å². The number of hydrogen-bond donors (Lipinski definition) is 2. The minimum absolute atomic E-state index is 0.0401. The van der Waals surface area contributed by atoms with Gasteiger partial charge in [0.25, 0.3) is 0 Å². The van der Waals surface area contributed by atoms with Gasteiger partial charge in [0.15, 0.2) is 0 Å². The highest BCUT2D eigenvalue weighted by atomic mass is 16.5. The maximum atomic E-state index is 12.4. The first-order valence-corrected chi connectivity index (χ1v) is 16.3. The fraction of sp³-hybridized carbons (Fsp3) is 0.686. The van der Waals surface area contributed by atoms with E-state index in [1.807, 2.05) is 0 Å². The second kappa shape index (κ2) is 30.3. The number of hydrogen-bond acceptors (Lipinski definition) is 4. The summed E-state index contributed by atoms with van der Waals surface area (Å²) in [7, 11) is 0. The molecule has 0 bridgehead atoms. The van der Waals surface area contributed by atoms with E-state index in [1.54, 1.807) is 0 Å². The maximum absolute atomic E-state index is 12.4. The Balaban J connectivity index is 3.78. The molecular weight excluding hydrogens is 514 g/mol. The van der Waals surface area contributed by atoms with Gasteiger partial charge in [0.1, 0.15) is 12.6 Å². The second-order valence-electron chi connectivity index (χ2n) is 10.7. The van der Waals surface area contributed by atoms with Gasteiger partial charge in [0, 0.05) is 12.8 Å². The summed E-state index contributed by atoms with van der Waals surface area (Å²) in [4.78, 5) is 34.4. The first kappa shape index (κ1) is 38.4. The van der Waals surface area contributed by atoms with Crippen LogP contribution < -0.4 is 5.32 Å². The zero-order valence-corrected chi connectivity index (χ0v) is 26.1. The molecule has 0 saturated heterocycles. The van der Waals surface area contributed by atoms with Crippen LogP contribution in [0.25, 0.3) is 0 Å². The number of nitrogens with one attached hydrogen (secondary N) is 1. The van der Waals surface area contributed by atoms with E-state index < -0.39 is 5.97 Å². The lowest BCUT2D eigenvalue weighted by molar-refractivity contribution is -0.150. The molecule has 0 aliphatic heterocycles. The SMILES string of the molecule is CC/C=C\C/C=C\C/C=C\C/C=C\CCCCCCCCC(=O)OC(CCCC)CCCCCC(=O)NCC(=O)O. The van der Waals surface area contributed by atoms with Crippen LogP contribution in [0.2, 0.25) is 0 Å². The van der Waals surface area contributed by atoms with Crippen molar-refractivity contribution in [2.24, 2.45) is 0 Å². The molecular formula is C35H59NO5. The summed E-state index contributed by atoms with van der Waals surface area (Å²) in [6.07, 6.45) is 37.0. The predicted octanol–water partition coefficient (Wildman–Crippen LogP) is 9.17. The third-order valence-corrected chi connectivity index (χ3v) is 6.77. The van der Waals surface area contributed by atoms with E-state index in [2.05, 4.69) is 67.8 Å². The monoisotopic (exact) mass is 573 g/mol. The number of unbranched alkanes of at least 4 members (excludes halogenated alkanes) is 9. The van der Waals surface area contributed by atoms with Crippen LogP contribution in [0.1, 0.15) is 142 Å². The molecule has 0 aliphatic rings. The van der Waals surface area contributed by atoms with E-state index in [4.69, 9.17) is 9.84 Å². The molecule has 0 fully saturated rings. The van der Waals surface area contributed by atoms with Crippen LogP contribution in [0, 0.1) is 0 Å². The fourth-order valence-electron chi connectivity index (χ4n) is 4.37. The van der Waals surface area contributed by atoms with E-state index in [-0.39, 0.29) is 24.5 Å². The van der Waals surface area contributed by atoms with Gasteiger partial charge in [-0.15, -0.1) is 0 Å². The minimum atomic E-state index is -1.03. The van der Waals surface area contributed by atoms with Crippen LogP contribution in [0.5, 0.6) is 0 Å². The Morgan fingerprint density at radius 3 is 1.83 bits per heavy atom. The Morgan fingerprint density at radius 2 is 1.20 bits per heavy atom. The lowest BCUT2D eigenvalue weighted by Gasteiger charge is -2.18. The standard InChI is InChI=1S/C35H59NO5/c1-3-5-7-8-9-10-11-12-13-14-15-16-17-18-19-20-21-22-26-30-35(40)41-32(27-6-4-2)28-24-23-25-29-33(37)36-31-34(38)39/h5,7,9-10,12-13,15-16,32H,3-4,6,8,11,14,17-31H2,1-2H3,(H,36,37)(H,38,39)/b7-5-,10-9-,13-12-,16-15-. The number of allylic oxidation sites excluding steroid dienone is 8. The van der Waals surface area contributed by atoms with Gasteiger partial charge in [-0.2, -0.15) is 0 Å². The molecule has 0 aromatic rings. The first-order chi connectivity index (χ1) is 20.0. The van der Waals surface area contributed by atoms with Crippen molar-refractivity contribution in [2.75, 3.05) is 6.54 Å². The van der Waals surface area contributed by atoms with Crippen molar-refractivity contribution in [3.05, 3.63) is 48.6 Å². The molecule has 0 heterocycles. The molecule has 41 heavy (non-hydrogen) atoms. The first-order valence-electron chi connectivity index (χ1n) is 16.3. The molecule has 6 heteroatoms. The summed E-state index contributed by atoms with van der Waals surface area (Å²) in [5.74, 6) is -1.35. The number of carbonyl (C=O) groups excluding carboxylic acids is 2. The molecule has 0 rings (SSSR count). The third kappa shape index (κ3) is 30.2. The molecule has 6 nitrogen and oxygen atoms in total.